The van der Waals surface area contributed by atoms with E-state index in [-0.39, 0.29) is 48.4 Å². The molecule has 1 saturated heterocycles. The topological polar surface area (TPSA) is 48.0 Å². The van der Waals surface area contributed by atoms with Gasteiger partial charge in [-0.05, 0) is 63.9 Å². The van der Waals surface area contributed by atoms with Crippen molar-refractivity contribution >= 4 is 18.8 Å². The Bertz CT molecular complexity index is 1370. The normalized spacial score (nSPS) is 22.5. The fourth-order valence-electron chi connectivity index (χ4n) is 6.14. The molecule has 0 radical (unpaired) electrons. The van der Waals surface area contributed by atoms with Gasteiger partial charge in [-0.15, -0.1) is 0 Å². The minimum Gasteiger partial charge on any atom is -0.460 e. The highest BCUT2D eigenvalue weighted by Gasteiger charge is 2.40. The molecule has 5 nitrogen and oxygen atoms in total. The van der Waals surface area contributed by atoms with E-state index in [2.05, 4.69) is 67.3 Å². The highest BCUT2D eigenvalue weighted by atomic mass is 19.1. The van der Waals surface area contributed by atoms with Gasteiger partial charge in [0.2, 0.25) is 0 Å². The van der Waals surface area contributed by atoms with Gasteiger partial charge in [-0.25, -0.2) is 4.39 Å². The van der Waals surface area contributed by atoms with Crippen LogP contribution in [-0.4, -0.2) is 43.0 Å². The van der Waals surface area contributed by atoms with Gasteiger partial charge in [0.1, 0.15) is 11.4 Å². The number of anilines is 1. The molecule has 42 heavy (non-hydrogen) atoms. The zero-order valence-corrected chi connectivity index (χ0v) is 25.2. The van der Waals surface area contributed by atoms with E-state index >= 15 is 0 Å². The van der Waals surface area contributed by atoms with E-state index in [0.717, 1.165) is 11.1 Å². The Balaban J connectivity index is 1.42. The maximum absolute atomic E-state index is 13.9. The van der Waals surface area contributed by atoms with E-state index < -0.39 is 12.7 Å². The first kappa shape index (κ1) is 30.1. The smallest absolute Gasteiger partial charge is 0.460 e. The highest BCUT2D eigenvalue weighted by Crippen LogP contribution is 2.46. The molecular formula is C35H41BFNO4. The Labute approximate surface area is 249 Å². The molecule has 2 aliphatic heterocycles. The van der Waals surface area contributed by atoms with Gasteiger partial charge in [0.05, 0.1) is 24.7 Å². The van der Waals surface area contributed by atoms with Gasteiger partial charge in [0, 0.05) is 30.4 Å². The van der Waals surface area contributed by atoms with Crippen molar-refractivity contribution in [2.45, 2.75) is 89.6 Å². The van der Waals surface area contributed by atoms with Crippen molar-refractivity contribution in [1.82, 2.24) is 0 Å². The summed E-state index contributed by atoms with van der Waals surface area (Å²) in [5, 5.41) is 0. The van der Waals surface area contributed by atoms with Crippen LogP contribution in [0.4, 0.5) is 10.1 Å². The van der Waals surface area contributed by atoms with Gasteiger partial charge >= 0.3 is 13.1 Å². The fraction of sp³-hybridized carbons (Fsp3) is 0.400. The van der Waals surface area contributed by atoms with Crippen molar-refractivity contribution in [3.05, 3.63) is 114 Å². The standard InChI is InChI=1S/C35H41BFNO4/c1-24(2)38-31-14-10-9-13-30(31)34(26-15-17-27(37)18-16-26)32(38)20-19-28-21-29(22-33(39)40-35(3,4)5)42-36(41-28)23-25-11-7-6-8-12-25/h6-20,24,28-29,32,34H,21-23H2,1-5H3/b20-19+/t28-,29-,32?,34?/m1/s1. The molecule has 220 valence electrons. The van der Waals surface area contributed by atoms with Gasteiger partial charge in [-0.2, -0.15) is 0 Å². The Morgan fingerprint density at radius 1 is 1.00 bits per heavy atom. The predicted octanol–water partition coefficient (Wildman–Crippen LogP) is 7.29. The molecule has 0 bridgehead atoms. The lowest BCUT2D eigenvalue weighted by Gasteiger charge is -2.35. The minimum atomic E-state index is -0.557. The molecule has 0 saturated carbocycles. The summed E-state index contributed by atoms with van der Waals surface area (Å²) in [6, 6.07) is 25.7. The summed E-state index contributed by atoms with van der Waals surface area (Å²) in [4.78, 5) is 15.2. The summed E-state index contributed by atoms with van der Waals surface area (Å²) in [5.74, 6) is -0.476. The molecule has 5 rings (SSSR count). The first-order valence-electron chi connectivity index (χ1n) is 14.9. The van der Waals surface area contributed by atoms with Crippen LogP contribution in [0.5, 0.6) is 0 Å². The second-order valence-corrected chi connectivity index (χ2v) is 12.5. The largest absolute Gasteiger partial charge is 0.462 e. The zero-order valence-electron chi connectivity index (χ0n) is 25.2. The van der Waals surface area contributed by atoms with Gasteiger partial charge in [0.15, 0.2) is 0 Å². The summed E-state index contributed by atoms with van der Waals surface area (Å²) in [6.07, 6.45) is 5.09. The molecule has 1 fully saturated rings. The average molecular weight is 570 g/mol. The zero-order chi connectivity index (χ0) is 29.9. The number of hydrogen-bond donors (Lipinski definition) is 0. The Kier molecular flexibility index (Phi) is 9.19. The lowest BCUT2D eigenvalue weighted by atomic mass is 9.77. The minimum absolute atomic E-state index is 0.0104. The van der Waals surface area contributed by atoms with Crippen LogP contribution in [-0.2, 0) is 25.2 Å². The highest BCUT2D eigenvalue weighted by molar-refractivity contribution is 6.44. The number of fused-ring (bicyclic) bond motifs is 1. The number of para-hydroxylation sites is 1. The molecule has 2 unspecified atom stereocenters. The third-order valence-corrected chi connectivity index (χ3v) is 7.75. The molecular weight excluding hydrogens is 528 g/mol. The van der Waals surface area contributed by atoms with Crippen molar-refractivity contribution in [3.8, 4) is 0 Å². The van der Waals surface area contributed by atoms with Crippen LogP contribution in [0.15, 0.2) is 91.0 Å². The summed E-state index contributed by atoms with van der Waals surface area (Å²) < 4.78 is 32.2. The third kappa shape index (κ3) is 7.31. The monoisotopic (exact) mass is 569 g/mol. The lowest BCUT2D eigenvalue weighted by Crippen LogP contribution is -2.44. The number of halogens is 1. The van der Waals surface area contributed by atoms with Crippen molar-refractivity contribution in [2.75, 3.05) is 4.90 Å². The third-order valence-electron chi connectivity index (χ3n) is 7.75. The van der Waals surface area contributed by atoms with Crippen LogP contribution in [0.3, 0.4) is 0 Å². The summed E-state index contributed by atoms with van der Waals surface area (Å²) in [7, 11) is -0.488. The van der Waals surface area contributed by atoms with Crippen LogP contribution in [0.1, 0.15) is 70.1 Å². The van der Waals surface area contributed by atoms with Crippen LogP contribution < -0.4 is 4.90 Å². The molecule has 7 heteroatoms. The maximum atomic E-state index is 13.9. The Hall–Kier alpha value is -3.42. The van der Waals surface area contributed by atoms with Crippen LogP contribution >= 0.6 is 0 Å². The van der Waals surface area contributed by atoms with Crippen molar-refractivity contribution in [2.24, 2.45) is 0 Å². The molecule has 2 heterocycles. The number of hydrogen-bond acceptors (Lipinski definition) is 5. The van der Waals surface area contributed by atoms with E-state index in [1.54, 1.807) is 0 Å². The molecule has 2 aliphatic rings. The average Bonchev–Trinajstić information content (AvgIpc) is 3.26. The van der Waals surface area contributed by atoms with Gasteiger partial charge in [-0.1, -0.05) is 78.4 Å². The SMILES string of the molecule is CC(C)N1c2ccccc2C(c2ccc(F)cc2)C1/C=C/[C@@H]1C[C@H](CC(=O)OC(C)(C)C)OB(Cc2ccccc2)O1. The molecule has 0 spiro atoms. The van der Waals surface area contributed by atoms with Gasteiger partial charge in [0.25, 0.3) is 0 Å². The molecule has 3 aromatic rings. The van der Waals surface area contributed by atoms with E-state index in [4.69, 9.17) is 14.0 Å². The maximum Gasteiger partial charge on any atom is 0.462 e. The van der Waals surface area contributed by atoms with Crippen molar-refractivity contribution in [3.63, 3.8) is 0 Å². The van der Waals surface area contributed by atoms with Crippen LogP contribution in [0, 0.1) is 5.82 Å². The Morgan fingerprint density at radius 2 is 1.69 bits per heavy atom. The van der Waals surface area contributed by atoms with Crippen molar-refractivity contribution < 1.29 is 23.2 Å². The molecule has 0 N–H and O–H groups in total. The second-order valence-electron chi connectivity index (χ2n) is 12.5. The quantitative estimate of drug-likeness (QED) is 0.162. The van der Waals surface area contributed by atoms with E-state index in [9.17, 15) is 9.18 Å². The van der Waals surface area contributed by atoms with Gasteiger partial charge < -0.3 is 18.9 Å². The van der Waals surface area contributed by atoms with Crippen LogP contribution in [0.25, 0.3) is 0 Å². The second kappa shape index (κ2) is 12.8. The number of esters is 1. The number of ether oxygens (including phenoxy) is 1. The molecule has 0 aromatic heterocycles. The lowest BCUT2D eigenvalue weighted by molar-refractivity contribution is -0.157. The van der Waals surface area contributed by atoms with Crippen molar-refractivity contribution in [1.29, 1.82) is 0 Å². The first-order valence-corrected chi connectivity index (χ1v) is 14.9. The number of rotatable bonds is 8. The molecule has 4 atom stereocenters. The number of nitrogens with zero attached hydrogens (tertiary/aromatic N) is 1. The predicted molar refractivity (Wildman–Crippen MR) is 166 cm³/mol. The fourth-order valence-corrected chi connectivity index (χ4v) is 6.14. The van der Waals surface area contributed by atoms with E-state index in [1.807, 2.05) is 51.1 Å². The molecule has 0 amide bonds. The van der Waals surface area contributed by atoms with Crippen LogP contribution in [0.2, 0.25) is 0 Å². The summed E-state index contributed by atoms with van der Waals surface area (Å²) in [6.45, 7) is 10.0. The van der Waals surface area contributed by atoms with E-state index in [0.29, 0.717) is 12.7 Å². The number of carbonyl (C=O) groups excluding carboxylic acids is 1. The van der Waals surface area contributed by atoms with Gasteiger partial charge in [-0.3, -0.25) is 4.79 Å². The number of benzene rings is 3. The Morgan fingerprint density at radius 3 is 2.38 bits per heavy atom. The number of carbonyl (C=O) groups is 1. The summed E-state index contributed by atoms with van der Waals surface area (Å²) >= 11 is 0. The van der Waals surface area contributed by atoms with E-state index in [1.165, 1.54) is 23.4 Å². The molecule has 3 aromatic carbocycles. The molecule has 0 aliphatic carbocycles. The summed E-state index contributed by atoms with van der Waals surface area (Å²) in [5.41, 5.74) is 4.04. The first-order chi connectivity index (χ1) is 20.1.